The van der Waals surface area contributed by atoms with Gasteiger partial charge in [-0.05, 0) is 26.3 Å². The maximum atomic E-state index is 10.9. The Morgan fingerprint density at radius 1 is 1.43 bits per heavy atom. The van der Waals surface area contributed by atoms with E-state index in [2.05, 4.69) is 11.2 Å². The molecule has 4 heteroatoms. The molecule has 1 atom stereocenters. The Kier molecular flexibility index (Phi) is 6.60. The van der Waals surface area contributed by atoms with Crippen molar-refractivity contribution < 1.29 is 8.42 Å². The Hall–Kier alpha value is -0.530. The third-order valence-corrected chi connectivity index (χ3v) is 2.90. The van der Waals surface area contributed by atoms with Crippen molar-refractivity contribution in [2.75, 3.05) is 18.6 Å². The van der Waals surface area contributed by atoms with E-state index in [0.717, 1.165) is 25.8 Å². The van der Waals surface area contributed by atoms with Gasteiger partial charge in [0.15, 0.2) is 0 Å². The molecule has 14 heavy (non-hydrogen) atoms. The Morgan fingerprint density at radius 2 is 2.07 bits per heavy atom. The average molecular weight is 217 g/mol. The van der Waals surface area contributed by atoms with E-state index in [0.29, 0.717) is 0 Å². The molecule has 0 aromatic heterocycles. The van der Waals surface area contributed by atoms with E-state index in [4.69, 9.17) is 6.42 Å². The zero-order valence-corrected chi connectivity index (χ0v) is 9.73. The maximum Gasteiger partial charge on any atom is 0.148 e. The van der Waals surface area contributed by atoms with Gasteiger partial charge in [0.05, 0.1) is 5.75 Å². The topological polar surface area (TPSA) is 46.2 Å². The summed E-state index contributed by atoms with van der Waals surface area (Å²) >= 11 is 0. The van der Waals surface area contributed by atoms with E-state index in [1.165, 1.54) is 6.26 Å². The molecule has 0 heterocycles. The fourth-order valence-corrected chi connectivity index (χ4v) is 2.24. The molecule has 0 radical (unpaired) electrons. The molecule has 0 amide bonds. The lowest BCUT2D eigenvalue weighted by molar-refractivity contribution is 0.545. The van der Waals surface area contributed by atoms with Crippen LogP contribution in [-0.4, -0.2) is 33.0 Å². The second-order valence-corrected chi connectivity index (χ2v) is 5.79. The first kappa shape index (κ1) is 13.5. The third kappa shape index (κ3) is 9.56. The normalized spacial score (nSPS) is 13.5. The van der Waals surface area contributed by atoms with E-state index >= 15 is 0 Å². The molecule has 0 fully saturated rings. The van der Waals surface area contributed by atoms with Crippen molar-refractivity contribution in [2.24, 2.45) is 0 Å². The highest BCUT2D eigenvalue weighted by Gasteiger charge is 2.08. The van der Waals surface area contributed by atoms with E-state index in [1.807, 2.05) is 6.92 Å². The van der Waals surface area contributed by atoms with Gasteiger partial charge in [0, 0.05) is 18.7 Å². The predicted molar refractivity (Wildman–Crippen MR) is 59.9 cm³/mol. The molecule has 0 saturated heterocycles. The summed E-state index contributed by atoms with van der Waals surface area (Å²) < 4.78 is 21.8. The molecule has 82 valence electrons. The molecule has 0 aromatic rings. The number of rotatable bonds is 7. The molecule has 0 aliphatic rings. The van der Waals surface area contributed by atoms with E-state index in [1.54, 1.807) is 0 Å². The molecule has 0 bridgehead atoms. The first-order valence-electron chi connectivity index (χ1n) is 4.80. The summed E-state index contributed by atoms with van der Waals surface area (Å²) in [4.78, 5) is 0. The summed E-state index contributed by atoms with van der Waals surface area (Å²) in [7, 11) is -2.87. The minimum absolute atomic E-state index is 0.0239. The average Bonchev–Trinajstić information content (AvgIpc) is 2.00. The van der Waals surface area contributed by atoms with Crippen LogP contribution in [0.15, 0.2) is 0 Å². The van der Waals surface area contributed by atoms with Gasteiger partial charge >= 0.3 is 0 Å². The van der Waals surface area contributed by atoms with Gasteiger partial charge in [-0.25, -0.2) is 8.42 Å². The number of hydrogen-bond acceptors (Lipinski definition) is 3. The fraction of sp³-hybridized carbons (Fsp3) is 0.800. The van der Waals surface area contributed by atoms with Crippen LogP contribution in [0.5, 0.6) is 0 Å². The van der Waals surface area contributed by atoms with Gasteiger partial charge in [0.25, 0.3) is 0 Å². The highest BCUT2D eigenvalue weighted by Crippen LogP contribution is 1.94. The van der Waals surface area contributed by atoms with Crippen molar-refractivity contribution >= 4 is 9.84 Å². The molecule has 1 N–H and O–H groups in total. The smallest absolute Gasteiger partial charge is 0.148 e. The molecular weight excluding hydrogens is 198 g/mol. The van der Waals surface area contributed by atoms with E-state index < -0.39 is 9.84 Å². The van der Waals surface area contributed by atoms with Crippen molar-refractivity contribution in [1.82, 2.24) is 5.32 Å². The van der Waals surface area contributed by atoms with Crippen molar-refractivity contribution in [2.45, 2.75) is 32.2 Å². The van der Waals surface area contributed by atoms with Gasteiger partial charge in [-0.1, -0.05) is 0 Å². The van der Waals surface area contributed by atoms with Crippen LogP contribution in [0, 0.1) is 12.3 Å². The molecule has 0 saturated carbocycles. The molecule has 0 aliphatic carbocycles. The number of hydrogen-bond donors (Lipinski definition) is 1. The summed E-state index contributed by atoms with van der Waals surface area (Å²) in [6.07, 6.45) is 9.14. The second kappa shape index (κ2) is 6.86. The van der Waals surface area contributed by atoms with Crippen LogP contribution in [0.3, 0.4) is 0 Å². The predicted octanol–water partition coefficient (Wildman–Crippen LogP) is 0.813. The summed E-state index contributed by atoms with van der Waals surface area (Å²) in [5.41, 5.74) is 0. The van der Waals surface area contributed by atoms with Gasteiger partial charge in [0.2, 0.25) is 0 Å². The van der Waals surface area contributed by atoms with Crippen LogP contribution in [0.25, 0.3) is 0 Å². The summed E-state index contributed by atoms with van der Waals surface area (Å²) in [6.45, 7) is 2.71. The lowest BCUT2D eigenvalue weighted by Crippen LogP contribution is -2.33. The molecule has 0 aliphatic heterocycles. The lowest BCUT2D eigenvalue weighted by atomic mass is 10.2. The molecule has 0 aromatic carbocycles. The highest BCUT2D eigenvalue weighted by molar-refractivity contribution is 7.90. The standard InChI is InChI=1S/C10H19NO2S/c1-4-5-6-7-8-11-10(2)9-14(3,12)13/h1,10-11H,5-9H2,2-3H3. The number of terminal acetylenes is 1. The van der Waals surface area contributed by atoms with Crippen molar-refractivity contribution in [3.05, 3.63) is 0 Å². The van der Waals surface area contributed by atoms with Gasteiger partial charge < -0.3 is 5.32 Å². The van der Waals surface area contributed by atoms with Crippen LogP contribution < -0.4 is 5.32 Å². The Bertz CT molecular complexity index is 277. The van der Waals surface area contributed by atoms with Crippen LogP contribution in [-0.2, 0) is 9.84 Å². The van der Waals surface area contributed by atoms with Gasteiger partial charge in [0.1, 0.15) is 9.84 Å². The Morgan fingerprint density at radius 3 is 2.57 bits per heavy atom. The van der Waals surface area contributed by atoms with Gasteiger partial charge in [-0.15, -0.1) is 12.3 Å². The minimum atomic E-state index is -2.87. The summed E-state index contributed by atoms with van der Waals surface area (Å²) in [6, 6.07) is 0.0239. The molecule has 0 rings (SSSR count). The minimum Gasteiger partial charge on any atom is -0.313 e. The van der Waals surface area contributed by atoms with Crippen molar-refractivity contribution in [3.8, 4) is 12.3 Å². The van der Waals surface area contributed by atoms with Crippen LogP contribution in [0.2, 0.25) is 0 Å². The lowest BCUT2D eigenvalue weighted by Gasteiger charge is -2.11. The largest absolute Gasteiger partial charge is 0.313 e. The monoisotopic (exact) mass is 217 g/mol. The van der Waals surface area contributed by atoms with Crippen LogP contribution in [0.4, 0.5) is 0 Å². The summed E-state index contributed by atoms with van der Waals surface area (Å²) in [5.74, 6) is 2.77. The molecule has 1 unspecified atom stereocenters. The van der Waals surface area contributed by atoms with Crippen LogP contribution in [0.1, 0.15) is 26.2 Å². The molecule has 0 spiro atoms. The SMILES string of the molecule is C#CCCCCNC(C)CS(C)(=O)=O. The van der Waals surface area contributed by atoms with E-state index in [9.17, 15) is 8.42 Å². The summed E-state index contributed by atoms with van der Waals surface area (Å²) in [5, 5.41) is 3.15. The second-order valence-electron chi connectivity index (χ2n) is 3.61. The fourth-order valence-electron chi connectivity index (χ4n) is 1.21. The number of nitrogens with one attached hydrogen (secondary N) is 1. The third-order valence-electron chi connectivity index (χ3n) is 1.79. The Balaban J connectivity index is 3.46. The maximum absolute atomic E-state index is 10.9. The van der Waals surface area contributed by atoms with Gasteiger partial charge in [-0.2, -0.15) is 0 Å². The first-order chi connectivity index (χ1) is 6.45. The van der Waals surface area contributed by atoms with Crippen molar-refractivity contribution in [3.63, 3.8) is 0 Å². The number of unbranched alkanes of at least 4 members (excludes halogenated alkanes) is 2. The molecular formula is C10H19NO2S. The zero-order valence-electron chi connectivity index (χ0n) is 8.91. The first-order valence-corrected chi connectivity index (χ1v) is 6.86. The van der Waals surface area contributed by atoms with Gasteiger partial charge in [-0.3, -0.25) is 0 Å². The van der Waals surface area contributed by atoms with Crippen molar-refractivity contribution in [1.29, 1.82) is 0 Å². The number of sulfone groups is 1. The zero-order chi connectivity index (χ0) is 11.0. The van der Waals surface area contributed by atoms with Crippen LogP contribution >= 0.6 is 0 Å². The highest BCUT2D eigenvalue weighted by atomic mass is 32.2. The molecule has 3 nitrogen and oxygen atoms in total. The quantitative estimate of drug-likeness (QED) is 0.507. The van der Waals surface area contributed by atoms with E-state index in [-0.39, 0.29) is 11.8 Å². The Labute approximate surface area is 87.2 Å².